The topological polar surface area (TPSA) is 23.5 Å². The Labute approximate surface area is 120 Å². The van der Waals surface area contributed by atoms with Crippen molar-refractivity contribution in [1.82, 2.24) is 4.90 Å². The molecule has 4 unspecified atom stereocenters. The van der Waals surface area contributed by atoms with Gasteiger partial charge in [-0.05, 0) is 57.1 Å². The minimum Gasteiger partial charge on any atom is -0.508 e. The van der Waals surface area contributed by atoms with E-state index in [1.165, 1.54) is 31.7 Å². The number of halogens is 1. The fourth-order valence-corrected chi connectivity index (χ4v) is 4.22. The summed E-state index contributed by atoms with van der Waals surface area (Å²) in [6.07, 6.45) is 5.60. The third-order valence-electron chi connectivity index (χ3n) is 5.50. The maximum absolute atomic E-state index is 13.9. The van der Waals surface area contributed by atoms with Gasteiger partial charge in [-0.3, -0.25) is 4.90 Å². The number of aromatic hydroxyl groups is 1. The average molecular weight is 277 g/mol. The zero-order chi connectivity index (χ0) is 14.3. The SMILES string of the molecule is CC(c1ccc(O)cc1F)N(C)CC1CC2CCC1C2. The summed E-state index contributed by atoms with van der Waals surface area (Å²) in [6.45, 7) is 3.10. The summed E-state index contributed by atoms with van der Waals surface area (Å²) in [5.41, 5.74) is 0.674. The first-order valence-electron chi connectivity index (χ1n) is 7.73. The summed E-state index contributed by atoms with van der Waals surface area (Å²) >= 11 is 0. The molecule has 2 aliphatic carbocycles. The molecule has 2 nitrogen and oxygen atoms in total. The van der Waals surface area contributed by atoms with Crippen LogP contribution in [0.3, 0.4) is 0 Å². The van der Waals surface area contributed by atoms with Crippen LogP contribution < -0.4 is 0 Å². The number of hydrogen-bond acceptors (Lipinski definition) is 2. The summed E-state index contributed by atoms with van der Waals surface area (Å²) in [5.74, 6) is 2.34. The molecule has 1 aromatic rings. The quantitative estimate of drug-likeness (QED) is 0.900. The second-order valence-corrected chi connectivity index (χ2v) is 6.76. The molecule has 0 saturated heterocycles. The highest BCUT2D eigenvalue weighted by molar-refractivity contribution is 5.29. The van der Waals surface area contributed by atoms with E-state index in [1.54, 1.807) is 12.1 Å². The highest BCUT2D eigenvalue weighted by Gasteiger charge is 2.40. The molecule has 0 aliphatic heterocycles. The standard InChI is InChI=1S/C17H24FNO/c1-11(16-6-5-15(20)9-17(16)18)19(2)10-14-8-12-3-4-13(14)7-12/h5-6,9,11-14,20H,3-4,7-8,10H2,1-2H3. The van der Waals surface area contributed by atoms with E-state index in [4.69, 9.17) is 0 Å². The van der Waals surface area contributed by atoms with Crippen molar-refractivity contribution in [3.8, 4) is 5.75 Å². The molecule has 20 heavy (non-hydrogen) atoms. The van der Waals surface area contributed by atoms with Crippen LogP contribution in [0.5, 0.6) is 5.75 Å². The van der Waals surface area contributed by atoms with Gasteiger partial charge >= 0.3 is 0 Å². The van der Waals surface area contributed by atoms with E-state index in [1.807, 2.05) is 6.92 Å². The van der Waals surface area contributed by atoms with Gasteiger partial charge in [0.15, 0.2) is 0 Å². The van der Waals surface area contributed by atoms with Gasteiger partial charge in [-0.2, -0.15) is 0 Å². The molecular weight excluding hydrogens is 253 g/mol. The smallest absolute Gasteiger partial charge is 0.131 e. The molecule has 0 amide bonds. The van der Waals surface area contributed by atoms with Gasteiger partial charge in [-0.25, -0.2) is 4.39 Å². The molecular formula is C17H24FNO. The molecule has 1 aromatic carbocycles. The number of rotatable bonds is 4. The molecule has 2 bridgehead atoms. The largest absolute Gasteiger partial charge is 0.508 e. The van der Waals surface area contributed by atoms with Gasteiger partial charge in [0, 0.05) is 24.2 Å². The van der Waals surface area contributed by atoms with Gasteiger partial charge in [-0.1, -0.05) is 12.5 Å². The Morgan fingerprint density at radius 3 is 2.75 bits per heavy atom. The Morgan fingerprint density at radius 2 is 2.15 bits per heavy atom. The van der Waals surface area contributed by atoms with Gasteiger partial charge in [0.2, 0.25) is 0 Å². The summed E-state index contributed by atoms with van der Waals surface area (Å²) in [6, 6.07) is 4.53. The monoisotopic (exact) mass is 277 g/mol. The van der Waals surface area contributed by atoms with Crippen LogP contribution in [0.15, 0.2) is 18.2 Å². The Bertz CT molecular complexity index is 490. The van der Waals surface area contributed by atoms with Gasteiger partial charge in [0.25, 0.3) is 0 Å². The zero-order valence-corrected chi connectivity index (χ0v) is 12.3. The van der Waals surface area contributed by atoms with Gasteiger partial charge in [0.05, 0.1) is 0 Å². The number of hydrogen-bond donors (Lipinski definition) is 1. The van der Waals surface area contributed by atoms with Crippen molar-refractivity contribution >= 4 is 0 Å². The fraction of sp³-hybridized carbons (Fsp3) is 0.647. The molecule has 110 valence electrons. The summed E-state index contributed by atoms with van der Waals surface area (Å²) in [4.78, 5) is 2.26. The van der Waals surface area contributed by atoms with Gasteiger partial charge in [-0.15, -0.1) is 0 Å². The van der Waals surface area contributed by atoms with Crippen molar-refractivity contribution < 1.29 is 9.50 Å². The second kappa shape index (κ2) is 5.36. The molecule has 0 heterocycles. The molecule has 3 rings (SSSR count). The number of benzene rings is 1. The normalized spacial score (nSPS) is 30.1. The molecule has 0 radical (unpaired) electrons. The van der Waals surface area contributed by atoms with E-state index in [2.05, 4.69) is 11.9 Å². The Morgan fingerprint density at radius 1 is 1.35 bits per heavy atom. The highest BCUT2D eigenvalue weighted by Crippen LogP contribution is 2.48. The maximum atomic E-state index is 13.9. The van der Waals surface area contributed by atoms with Crippen LogP contribution in [-0.4, -0.2) is 23.6 Å². The van der Waals surface area contributed by atoms with E-state index in [-0.39, 0.29) is 17.6 Å². The fourth-order valence-electron chi connectivity index (χ4n) is 4.22. The average Bonchev–Trinajstić information content (AvgIpc) is 3.00. The second-order valence-electron chi connectivity index (χ2n) is 6.76. The van der Waals surface area contributed by atoms with Crippen LogP contribution in [0, 0.1) is 23.6 Å². The first-order chi connectivity index (χ1) is 9.54. The number of fused-ring (bicyclic) bond motifs is 2. The maximum Gasteiger partial charge on any atom is 0.131 e. The number of nitrogens with zero attached hydrogens (tertiary/aromatic N) is 1. The number of phenols is 1. The number of phenolic OH excluding ortho intramolecular Hbond substituents is 1. The van der Waals surface area contributed by atoms with Crippen LogP contribution in [0.4, 0.5) is 4.39 Å². The molecule has 2 saturated carbocycles. The van der Waals surface area contributed by atoms with Crippen molar-refractivity contribution in [2.75, 3.05) is 13.6 Å². The molecule has 3 heteroatoms. The van der Waals surface area contributed by atoms with Crippen molar-refractivity contribution in [2.45, 2.75) is 38.6 Å². The Hall–Kier alpha value is -1.09. The lowest BCUT2D eigenvalue weighted by atomic mass is 9.88. The first kappa shape index (κ1) is 13.9. The van der Waals surface area contributed by atoms with E-state index < -0.39 is 0 Å². The van der Waals surface area contributed by atoms with E-state index >= 15 is 0 Å². The Kier molecular flexibility index (Phi) is 3.72. The first-order valence-corrected chi connectivity index (χ1v) is 7.73. The minimum absolute atomic E-state index is 0.00536. The molecule has 2 aliphatic rings. The summed E-state index contributed by atoms with van der Waals surface area (Å²) in [7, 11) is 2.09. The molecule has 0 spiro atoms. The third kappa shape index (κ3) is 2.56. The van der Waals surface area contributed by atoms with Crippen molar-refractivity contribution in [3.05, 3.63) is 29.6 Å². The summed E-state index contributed by atoms with van der Waals surface area (Å²) in [5, 5.41) is 9.31. The minimum atomic E-state index is -0.308. The van der Waals surface area contributed by atoms with Crippen LogP contribution in [0.25, 0.3) is 0 Å². The molecule has 0 aromatic heterocycles. The van der Waals surface area contributed by atoms with Crippen molar-refractivity contribution in [1.29, 1.82) is 0 Å². The van der Waals surface area contributed by atoms with Crippen LogP contribution in [-0.2, 0) is 0 Å². The van der Waals surface area contributed by atoms with Crippen LogP contribution in [0.2, 0.25) is 0 Å². The lowest BCUT2D eigenvalue weighted by molar-refractivity contribution is 0.179. The van der Waals surface area contributed by atoms with Crippen molar-refractivity contribution in [2.24, 2.45) is 17.8 Å². The molecule has 2 fully saturated rings. The van der Waals surface area contributed by atoms with Crippen molar-refractivity contribution in [3.63, 3.8) is 0 Å². The molecule has 1 N–H and O–H groups in total. The summed E-state index contributed by atoms with van der Waals surface area (Å²) < 4.78 is 13.9. The third-order valence-corrected chi connectivity index (χ3v) is 5.50. The van der Waals surface area contributed by atoms with E-state index in [9.17, 15) is 9.50 Å². The van der Waals surface area contributed by atoms with E-state index in [0.29, 0.717) is 5.56 Å². The van der Waals surface area contributed by atoms with Crippen LogP contribution in [0.1, 0.15) is 44.2 Å². The predicted molar refractivity (Wildman–Crippen MR) is 78.0 cm³/mol. The van der Waals surface area contributed by atoms with Gasteiger partial charge < -0.3 is 5.11 Å². The van der Waals surface area contributed by atoms with Crippen LogP contribution >= 0.6 is 0 Å². The predicted octanol–water partition coefficient (Wildman–Crippen LogP) is 3.96. The van der Waals surface area contributed by atoms with Gasteiger partial charge in [0.1, 0.15) is 11.6 Å². The Balaban J connectivity index is 1.65. The lowest BCUT2D eigenvalue weighted by Crippen LogP contribution is -2.31. The zero-order valence-electron chi connectivity index (χ0n) is 12.3. The van der Waals surface area contributed by atoms with E-state index in [0.717, 1.165) is 24.3 Å². The highest BCUT2D eigenvalue weighted by atomic mass is 19.1. The lowest BCUT2D eigenvalue weighted by Gasteiger charge is -2.31. The molecule has 4 atom stereocenters.